The molecule has 2 atom stereocenters. The van der Waals surface area contributed by atoms with Gasteiger partial charge in [0, 0.05) is 31.7 Å². The quantitative estimate of drug-likeness (QED) is 0.738. The van der Waals surface area contributed by atoms with Gasteiger partial charge in [-0.15, -0.1) is 0 Å². The van der Waals surface area contributed by atoms with Crippen molar-refractivity contribution in [1.82, 2.24) is 20.0 Å². The average Bonchev–Trinajstić information content (AvgIpc) is 3.00. The number of urea groups is 1. The van der Waals surface area contributed by atoms with E-state index in [1.807, 2.05) is 6.92 Å². The van der Waals surface area contributed by atoms with Crippen LogP contribution in [0.15, 0.2) is 24.3 Å². The van der Waals surface area contributed by atoms with Crippen LogP contribution < -0.4 is 5.32 Å². The first-order valence-corrected chi connectivity index (χ1v) is 10.8. The summed E-state index contributed by atoms with van der Waals surface area (Å²) in [7, 11) is 0. The van der Waals surface area contributed by atoms with Gasteiger partial charge < -0.3 is 15.1 Å². The Kier molecular flexibility index (Phi) is 5.68. The standard InChI is InChI=1S/C22H27FN4O4/c1-15-5-2-3-8-22(15)20(30)27(21(31)24-22)14-18(28)25-9-11-26(12-10-25)19(29)16-6-4-7-17(23)13-16/h4,6-7,13,15H,2-3,5,8-12,14H2,1H3,(H,24,31). The lowest BCUT2D eigenvalue weighted by Gasteiger charge is -2.37. The zero-order chi connectivity index (χ0) is 22.2. The first kappa shape index (κ1) is 21.3. The summed E-state index contributed by atoms with van der Waals surface area (Å²) in [4.78, 5) is 55.0. The van der Waals surface area contributed by atoms with Crippen LogP contribution in [0.1, 0.15) is 43.0 Å². The molecule has 2 aliphatic heterocycles. The normalized spacial score (nSPS) is 26.4. The third-order valence-electron chi connectivity index (χ3n) is 6.79. The summed E-state index contributed by atoms with van der Waals surface area (Å²) in [6, 6.07) is 5.01. The summed E-state index contributed by atoms with van der Waals surface area (Å²) in [5.41, 5.74) is -0.614. The summed E-state index contributed by atoms with van der Waals surface area (Å²) >= 11 is 0. The van der Waals surface area contributed by atoms with Crippen molar-refractivity contribution in [2.75, 3.05) is 32.7 Å². The Balaban J connectivity index is 1.35. The lowest BCUT2D eigenvalue weighted by Crippen LogP contribution is -2.55. The fourth-order valence-electron chi connectivity index (χ4n) is 4.84. The lowest BCUT2D eigenvalue weighted by atomic mass is 9.73. The number of carbonyl (C=O) groups excluding carboxylic acids is 4. The Morgan fingerprint density at radius 3 is 2.52 bits per heavy atom. The highest BCUT2D eigenvalue weighted by Crippen LogP contribution is 2.38. The molecule has 1 saturated carbocycles. The van der Waals surface area contributed by atoms with E-state index in [1.54, 1.807) is 15.9 Å². The number of nitrogens with zero attached hydrogens (tertiary/aromatic N) is 3. The average molecular weight is 430 g/mol. The van der Waals surface area contributed by atoms with Gasteiger partial charge in [-0.2, -0.15) is 0 Å². The Morgan fingerprint density at radius 1 is 1.13 bits per heavy atom. The van der Waals surface area contributed by atoms with Gasteiger partial charge in [0.1, 0.15) is 17.9 Å². The molecule has 5 amide bonds. The molecule has 8 nitrogen and oxygen atoms in total. The van der Waals surface area contributed by atoms with E-state index in [0.717, 1.165) is 24.2 Å². The second-order valence-electron chi connectivity index (χ2n) is 8.62. The summed E-state index contributed by atoms with van der Waals surface area (Å²) in [6.07, 6.45) is 3.38. The van der Waals surface area contributed by atoms with Gasteiger partial charge in [-0.25, -0.2) is 9.18 Å². The molecule has 166 valence electrons. The first-order chi connectivity index (χ1) is 14.8. The second kappa shape index (κ2) is 8.28. The van der Waals surface area contributed by atoms with E-state index >= 15 is 0 Å². The van der Waals surface area contributed by atoms with Gasteiger partial charge in [0.05, 0.1) is 0 Å². The second-order valence-corrected chi connectivity index (χ2v) is 8.62. The predicted molar refractivity (Wildman–Crippen MR) is 109 cm³/mol. The number of amides is 5. The Morgan fingerprint density at radius 2 is 1.84 bits per heavy atom. The monoisotopic (exact) mass is 430 g/mol. The molecular formula is C22H27FN4O4. The van der Waals surface area contributed by atoms with Crippen molar-refractivity contribution in [1.29, 1.82) is 0 Å². The van der Waals surface area contributed by atoms with Gasteiger partial charge in [-0.3, -0.25) is 19.3 Å². The van der Waals surface area contributed by atoms with Gasteiger partial charge in [-0.05, 0) is 37.0 Å². The minimum absolute atomic E-state index is 0.0372. The fourth-order valence-corrected chi connectivity index (χ4v) is 4.84. The molecule has 1 aromatic rings. The molecule has 0 radical (unpaired) electrons. The molecule has 2 unspecified atom stereocenters. The van der Waals surface area contributed by atoms with Crippen molar-refractivity contribution in [2.24, 2.45) is 5.92 Å². The number of nitrogens with one attached hydrogen (secondary N) is 1. The number of halogens is 1. The first-order valence-electron chi connectivity index (χ1n) is 10.8. The van der Waals surface area contributed by atoms with Crippen molar-refractivity contribution < 1.29 is 23.6 Å². The number of piperazine rings is 1. The van der Waals surface area contributed by atoms with Crippen LogP contribution in [0.2, 0.25) is 0 Å². The van der Waals surface area contributed by atoms with Crippen molar-refractivity contribution in [3.63, 3.8) is 0 Å². The van der Waals surface area contributed by atoms with Crippen LogP contribution in [0.25, 0.3) is 0 Å². The molecule has 0 bridgehead atoms. The highest BCUT2D eigenvalue weighted by molar-refractivity contribution is 6.09. The summed E-state index contributed by atoms with van der Waals surface area (Å²) in [5.74, 6) is -1.35. The topological polar surface area (TPSA) is 90.0 Å². The highest BCUT2D eigenvalue weighted by atomic mass is 19.1. The maximum Gasteiger partial charge on any atom is 0.325 e. The Bertz CT molecular complexity index is 915. The van der Waals surface area contributed by atoms with Gasteiger partial charge in [0.25, 0.3) is 11.8 Å². The molecule has 1 aromatic carbocycles. The van der Waals surface area contributed by atoms with Crippen LogP contribution in [0.3, 0.4) is 0 Å². The molecule has 1 N–H and O–H groups in total. The van der Waals surface area contributed by atoms with Crippen LogP contribution in [-0.2, 0) is 9.59 Å². The van der Waals surface area contributed by atoms with Crippen molar-refractivity contribution in [3.8, 4) is 0 Å². The van der Waals surface area contributed by atoms with E-state index in [2.05, 4.69) is 5.32 Å². The van der Waals surface area contributed by atoms with Crippen LogP contribution >= 0.6 is 0 Å². The number of carbonyl (C=O) groups is 4. The van der Waals surface area contributed by atoms with Gasteiger partial charge >= 0.3 is 6.03 Å². The summed E-state index contributed by atoms with van der Waals surface area (Å²) in [5, 5.41) is 2.86. The lowest BCUT2D eigenvalue weighted by molar-refractivity contribution is -0.141. The molecule has 1 aliphatic carbocycles. The summed E-state index contributed by atoms with van der Waals surface area (Å²) in [6.45, 7) is 2.88. The smallest absolute Gasteiger partial charge is 0.325 e. The van der Waals surface area contributed by atoms with Crippen molar-refractivity contribution in [2.45, 2.75) is 38.1 Å². The minimum Gasteiger partial charge on any atom is -0.338 e. The van der Waals surface area contributed by atoms with Crippen molar-refractivity contribution in [3.05, 3.63) is 35.6 Å². The molecule has 31 heavy (non-hydrogen) atoms. The van der Waals surface area contributed by atoms with E-state index < -0.39 is 17.4 Å². The van der Waals surface area contributed by atoms with Crippen LogP contribution in [0.5, 0.6) is 0 Å². The van der Waals surface area contributed by atoms with E-state index in [4.69, 9.17) is 0 Å². The molecule has 2 heterocycles. The molecule has 1 spiro atoms. The van der Waals surface area contributed by atoms with Crippen LogP contribution in [-0.4, -0.2) is 76.7 Å². The third kappa shape index (κ3) is 3.88. The van der Waals surface area contributed by atoms with E-state index in [9.17, 15) is 23.6 Å². The maximum atomic E-state index is 13.4. The molecular weight excluding hydrogens is 403 g/mol. The molecule has 9 heteroatoms. The number of hydrogen-bond donors (Lipinski definition) is 1. The summed E-state index contributed by atoms with van der Waals surface area (Å²) < 4.78 is 13.4. The highest BCUT2D eigenvalue weighted by Gasteiger charge is 2.55. The minimum atomic E-state index is -0.883. The fraction of sp³-hybridized carbons (Fsp3) is 0.545. The third-order valence-corrected chi connectivity index (χ3v) is 6.79. The zero-order valence-corrected chi connectivity index (χ0v) is 17.6. The Hall–Kier alpha value is -2.97. The molecule has 3 aliphatic rings. The SMILES string of the molecule is CC1CCCCC12NC(=O)N(CC(=O)N1CCN(C(=O)c3cccc(F)c3)CC1)C2=O. The van der Waals surface area contributed by atoms with Gasteiger partial charge in [0.2, 0.25) is 5.91 Å². The van der Waals surface area contributed by atoms with E-state index in [1.165, 1.54) is 18.2 Å². The molecule has 3 fully saturated rings. The number of benzene rings is 1. The predicted octanol–water partition coefficient (Wildman–Crippen LogP) is 1.61. The van der Waals surface area contributed by atoms with Crippen LogP contribution in [0, 0.1) is 11.7 Å². The number of imide groups is 1. The molecule has 4 rings (SSSR count). The maximum absolute atomic E-state index is 13.4. The largest absolute Gasteiger partial charge is 0.338 e. The number of hydrogen-bond acceptors (Lipinski definition) is 4. The van der Waals surface area contributed by atoms with Crippen molar-refractivity contribution >= 4 is 23.8 Å². The molecule has 0 aromatic heterocycles. The van der Waals surface area contributed by atoms with Gasteiger partial charge in [0.15, 0.2) is 0 Å². The van der Waals surface area contributed by atoms with Crippen LogP contribution in [0.4, 0.5) is 9.18 Å². The van der Waals surface area contributed by atoms with E-state index in [0.29, 0.717) is 32.6 Å². The molecule has 2 saturated heterocycles. The van der Waals surface area contributed by atoms with Gasteiger partial charge in [-0.1, -0.05) is 25.8 Å². The van der Waals surface area contributed by atoms with E-state index in [-0.39, 0.29) is 35.7 Å². The zero-order valence-electron chi connectivity index (χ0n) is 17.6. The number of rotatable bonds is 3. The Labute approximate surface area is 180 Å².